The van der Waals surface area contributed by atoms with Crippen molar-refractivity contribution in [3.8, 4) is 0 Å². The molecule has 2 aliphatic carbocycles. The van der Waals surface area contributed by atoms with Crippen molar-refractivity contribution in [2.24, 2.45) is 0 Å². The van der Waals surface area contributed by atoms with Crippen LogP contribution in [0.1, 0.15) is 92.9 Å². The molecule has 1 saturated heterocycles. The van der Waals surface area contributed by atoms with E-state index in [1.54, 1.807) is 4.90 Å². The summed E-state index contributed by atoms with van der Waals surface area (Å²) in [6.45, 7) is 12.6. The lowest BCUT2D eigenvalue weighted by Crippen LogP contribution is -2.41. The van der Waals surface area contributed by atoms with Gasteiger partial charge in [-0.05, 0) is 51.7 Å². The Bertz CT molecular complexity index is 505. The normalized spacial score (nSPS) is 24.4. The van der Waals surface area contributed by atoms with Gasteiger partial charge in [-0.3, -0.25) is 9.69 Å². The van der Waals surface area contributed by atoms with E-state index in [1.165, 1.54) is 31.3 Å². The molecule has 1 amide bonds. The second-order valence-corrected chi connectivity index (χ2v) is 8.03. The van der Waals surface area contributed by atoms with Gasteiger partial charge < -0.3 is 10.4 Å². The molecule has 162 valence electrons. The summed E-state index contributed by atoms with van der Waals surface area (Å²) < 4.78 is 0. The fourth-order valence-corrected chi connectivity index (χ4v) is 3.50. The number of aliphatic hydroxyl groups is 1. The zero-order valence-corrected chi connectivity index (χ0v) is 19.7. The van der Waals surface area contributed by atoms with E-state index in [9.17, 15) is 9.90 Å². The molecule has 1 atom stereocenters. The minimum absolute atomic E-state index is 0.150. The molecular formula is C23H42N2O2S. The van der Waals surface area contributed by atoms with Gasteiger partial charge in [0, 0.05) is 6.04 Å². The van der Waals surface area contributed by atoms with Gasteiger partial charge in [0.25, 0.3) is 0 Å². The number of carbonyl (C=O) groups is 1. The third kappa shape index (κ3) is 10.4. The van der Waals surface area contributed by atoms with Crippen molar-refractivity contribution in [3.05, 3.63) is 23.8 Å². The fourth-order valence-electron chi connectivity index (χ4n) is 3.17. The lowest BCUT2D eigenvalue weighted by atomic mass is 9.94. The molecule has 5 heteroatoms. The van der Waals surface area contributed by atoms with Crippen LogP contribution >= 0.6 is 12.2 Å². The van der Waals surface area contributed by atoms with Crippen LogP contribution in [0.2, 0.25) is 0 Å². The molecule has 1 unspecified atom stereocenters. The van der Waals surface area contributed by atoms with E-state index in [0.717, 1.165) is 25.7 Å². The van der Waals surface area contributed by atoms with Gasteiger partial charge in [-0.15, -0.1) is 0 Å². The number of thiocarbonyl (C=S) groups is 1. The number of hydrogen-bond donors (Lipinski definition) is 2. The first-order chi connectivity index (χ1) is 13.3. The average Bonchev–Trinajstić information content (AvgIpc) is 2.93. The molecule has 1 aliphatic heterocycles. The van der Waals surface area contributed by atoms with E-state index in [1.807, 2.05) is 32.9 Å². The van der Waals surface area contributed by atoms with Crippen LogP contribution in [0.15, 0.2) is 23.8 Å². The van der Waals surface area contributed by atoms with Crippen molar-refractivity contribution < 1.29 is 9.90 Å². The number of rotatable bonds is 1. The van der Waals surface area contributed by atoms with Gasteiger partial charge in [0.1, 0.15) is 0 Å². The van der Waals surface area contributed by atoms with Gasteiger partial charge in [0.15, 0.2) is 5.11 Å². The van der Waals surface area contributed by atoms with Crippen LogP contribution in [0.3, 0.4) is 0 Å². The first-order valence-electron chi connectivity index (χ1n) is 11.0. The maximum Gasteiger partial charge on any atom is 0.248 e. The molecule has 0 aromatic rings. The van der Waals surface area contributed by atoms with Crippen molar-refractivity contribution in [1.82, 2.24) is 10.2 Å². The summed E-state index contributed by atoms with van der Waals surface area (Å²) in [5, 5.41) is 13.1. The minimum Gasteiger partial charge on any atom is -0.386 e. The van der Waals surface area contributed by atoms with Crippen molar-refractivity contribution in [2.45, 2.75) is 105 Å². The van der Waals surface area contributed by atoms with E-state index < -0.39 is 5.60 Å². The van der Waals surface area contributed by atoms with Gasteiger partial charge >= 0.3 is 0 Å². The Hall–Kier alpha value is -1.20. The highest BCUT2D eigenvalue weighted by atomic mass is 32.1. The Morgan fingerprint density at radius 1 is 1.25 bits per heavy atom. The largest absolute Gasteiger partial charge is 0.386 e. The molecule has 3 aliphatic rings. The highest BCUT2D eigenvalue weighted by Crippen LogP contribution is 2.24. The number of nitrogens with zero attached hydrogens (tertiary/aromatic N) is 1. The highest BCUT2D eigenvalue weighted by Gasteiger charge is 2.32. The quantitative estimate of drug-likeness (QED) is 0.442. The molecule has 0 spiro atoms. The standard InChI is InChI=1S/C9H14N2OS.C9H14O.C3H8.C2H6/c12-8-6-10-9(13)11(8)7-4-2-1-3-5-7;1-8-4-3-6-9(2,10)7-5-8;1-3-2;1-2/h7H,1-6H2,(H,10,13);3,5-6,10H,4,7H2,1-2H3;3H2,1-2H3;1-2H3. The van der Waals surface area contributed by atoms with E-state index in [0.29, 0.717) is 17.7 Å². The van der Waals surface area contributed by atoms with Crippen molar-refractivity contribution in [1.29, 1.82) is 0 Å². The molecule has 0 radical (unpaired) electrons. The van der Waals surface area contributed by atoms with Gasteiger partial charge in [-0.1, -0.05) is 77.2 Å². The predicted octanol–water partition coefficient (Wildman–Crippen LogP) is 5.51. The maximum absolute atomic E-state index is 11.5. The van der Waals surface area contributed by atoms with Gasteiger partial charge in [-0.25, -0.2) is 0 Å². The highest BCUT2D eigenvalue weighted by molar-refractivity contribution is 7.80. The average molecular weight is 411 g/mol. The third-order valence-electron chi connectivity index (χ3n) is 4.60. The molecule has 28 heavy (non-hydrogen) atoms. The molecule has 0 aromatic carbocycles. The zero-order chi connectivity index (χ0) is 21.6. The molecule has 4 nitrogen and oxygen atoms in total. The second-order valence-electron chi connectivity index (χ2n) is 7.64. The molecule has 1 heterocycles. The number of nitrogens with one attached hydrogen (secondary N) is 1. The van der Waals surface area contributed by atoms with Gasteiger partial charge in [0.05, 0.1) is 12.1 Å². The summed E-state index contributed by atoms with van der Waals surface area (Å²) in [5.41, 5.74) is 0.728. The molecule has 1 saturated carbocycles. The van der Waals surface area contributed by atoms with Gasteiger partial charge in [0.2, 0.25) is 5.91 Å². The van der Waals surface area contributed by atoms with Crippen LogP contribution < -0.4 is 5.32 Å². The maximum atomic E-state index is 11.5. The van der Waals surface area contributed by atoms with E-state index in [4.69, 9.17) is 12.2 Å². The zero-order valence-electron chi connectivity index (χ0n) is 18.9. The number of amides is 1. The van der Waals surface area contributed by atoms with Crippen molar-refractivity contribution in [2.75, 3.05) is 6.54 Å². The van der Waals surface area contributed by atoms with Gasteiger partial charge in [-0.2, -0.15) is 0 Å². The Kier molecular flexibility index (Phi) is 14.1. The molecule has 0 aromatic heterocycles. The molecule has 2 N–H and O–H groups in total. The minimum atomic E-state index is -0.613. The Morgan fingerprint density at radius 2 is 1.82 bits per heavy atom. The SMILES string of the molecule is CC.CC1=CCC(C)(O)C=CC1.CCC.O=C1CNC(=S)N1C1CCCCC1. The van der Waals surface area contributed by atoms with Crippen LogP contribution in [0, 0.1) is 0 Å². The number of hydrogen-bond acceptors (Lipinski definition) is 3. The molecular weight excluding hydrogens is 368 g/mol. The Morgan fingerprint density at radius 3 is 2.32 bits per heavy atom. The summed E-state index contributed by atoms with van der Waals surface area (Å²) in [6, 6.07) is 0.378. The van der Waals surface area contributed by atoms with Crippen LogP contribution in [0.25, 0.3) is 0 Å². The fraction of sp³-hybridized carbons (Fsp3) is 0.739. The summed E-state index contributed by atoms with van der Waals surface area (Å²) >= 11 is 5.09. The lowest BCUT2D eigenvalue weighted by Gasteiger charge is -2.29. The van der Waals surface area contributed by atoms with Crippen molar-refractivity contribution in [3.63, 3.8) is 0 Å². The van der Waals surface area contributed by atoms with Crippen molar-refractivity contribution >= 4 is 23.2 Å². The molecule has 3 rings (SSSR count). The molecule has 2 fully saturated rings. The smallest absolute Gasteiger partial charge is 0.248 e. The molecule has 0 bridgehead atoms. The summed E-state index contributed by atoms with van der Waals surface area (Å²) in [5.74, 6) is 0.150. The van der Waals surface area contributed by atoms with E-state index >= 15 is 0 Å². The third-order valence-corrected chi connectivity index (χ3v) is 4.94. The number of allylic oxidation sites excluding steroid dienone is 2. The predicted molar refractivity (Wildman–Crippen MR) is 124 cm³/mol. The first-order valence-corrected chi connectivity index (χ1v) is 11.4. The number of carbonyl (C=O) groups excluding carboxylic acids is 1. The van der Waals surface area contributed by atoms with E-state index in [2.05, 4.69) is 32.2 Å². The summed E-state index contributed by atoms with van der Waals surface area (Å²) in [4.78, 5) is 13.2. The van der Waals surface area contributed by atoms with Crippen LogP contribution in [0.4, 0.5) is 0 Å². The monoisotopic (exact) mass is 410 g/mol. The second kappa shape index (κ2) is 14.7. The Balaban J connectivity index is 0.000000434. The topological polar surface area (TPSA) is 52.6 Å². The summed E-state index contributed by atoms with van der Waals surface area (Å²) in [6.07, 6.45) is 15.0. The van der Waals surface area contributed by atoms with Crippen LogP contribution in [-0.4, -0.2) is 39.2 Å². The Labute approximate surface area is 178 Å². The summed E-state index contributed by atoms with van der Waals surface area (Å²) in [7, 11) is 0. The van der Waals surface area contributed by atoms with Crippen LogP contribution in [0.5, 0.6) is 0 Å². The van der Waals surface area contributed by atoms with E-state index in [-0.39, 0.29) is 5.91 Å². The lowest BCUT2D eigenvalue weighted by molar-refractivity contribution is -0.126. The first kappa shape index (κ1) is 26.8. The van der Waals surface area contributed by atoms with Crippen LogP contribution in [-0.2, 0) is 4.79 Å².